The quantitative estimate of drug-likeness (QED) is 0.863. The predicted octanol–water partition coefficient (Wildman–Crippen LogP) is 1.83. The summed E-state index contributed by atoms with van der Waals surface area (Å²) in [5.41, 5.74) is -0.881. The van der Waals surface area contributed by atoms with Crippen LogP contribution in [0.2, 0.25) is 0 Å². The lowest BCUT2D eigenvalue weighted by Crippen LogP contribution is -2.42. The minimum absolute atomic E-state index is 0.00586. The molecule has 0 unspecified atom stereocenters. The van der Waals surface area contributed by atoms with Gasteiger partial charge >= 0.3 is 6.18 Å². The van der Waals surface area contributed by atoms with Gasteiger partial charge in [0.05, 0.1) is 11.5 Å². The van der Waals surface area contributed by atoms with Crippen LogP contribution in [0.1, 0.15) is 12.0 Å². The summed E-state index contributed by atoms with van der Waals surface area (Å²) in [4.78, 5) is 23.6. The van der Waals surface area contributed by atoms with E-state index < -0.39 is 35.5 Å². The first-order chi connectivity index (χ1) is 10.8. The zero-order chi connectivity index (χ0) is 16.8. The number of hydrogen-bond donors (Lipinski definition) is 1. The van der Waals surface area contributed by atoms with Gasteiger partial charge in [-0.05, 0) is 36.5 Å². The van der Waals surface area contributed by atoms with E-state index in [1.807, 2.05) is 0 Å². The third kappa shape index (κ3) is 2.83. The zero-order valence-electron chi connectivity index (χ0n) is 11.8. The third-order valence-electron chi connectivity index (χ3n) is 4.49. The van der Waals surface area contributed by atoms with Crippen molar-refractivity contribution in [1.82, 2.24) is 0 Å². The summed E-state index contributed by atoms with van der Waals surface area (Å²) in [5, 5.41) is 13.7. The summed E-state index contributed by atoms with van der Waals surface area (Å²) in [6.45, 7) is 0. The van der Waals surface area contributed by atoms with Gasteiger partial charge in [0.25, 0.3) is 0 Å². The van der Waals surface area contributed by atoms with Crippen molar-refractivity contribution in [2.45, 2.75) is 12.6 Å². The fourth-order valence-corrected chi connectivity index (χ4v) is 3.50. The Kier molecular flexibility index (Phi) is 3.66. The highest BCUT2D eigenvalue weighted by Gasteiger charge is 2.48. The standard InChI is InChI=1S/C16H14F3NO3/c17-16(18,19)10-2-1-3-11(7-10)20-14(21)12-8-4-5-9(6-8)13(12)15(22)23/h1-5,7-9,12-13H,6H2,(H,20,21)(H,22,23)/p-1/t8-,9+,12+,13-/m0/s1. The summed E-state index contributed by atoms with van der Waals surface area (Å²) in [6, 6.07) is 4.26. The van der Waals surface area contributed by atoms with Crippen LogP contribution in [0.15, 0.2) is 36.4 Å². The van der Waals surface area contributed by atoms with Crippen LogP contribution in [0.3, 0.4) is 0 Å². The van der Waals surface area contributed by atoms with Gasteiger partial charge in [0.1, 0.15) is 0 Å². The van der Waals surface area contributed by atoms with E-state index in [4.69, 9.17) is 0 Å². The number of benzene rings is 1. The van der Waals surface area contributed by atoms with Gasteiger partial charge in [-0.25, -0.2) is 0 Å². The number of rotatable bonds is 3. The summed E-state index contributed by atoms with van der Waals surface area (Å²) in [7, 11) is 0. The summed E-state index contributed by atoms with van der Waals surface area (Å²) in [5.74, 6) is -4.10. The van der Waals surface area contributed by atoms with Gasteiger partial charge in [0.2, 0.25) is 5.91 Å². The van der Waals surface area contributed by atoms with Crippen molar-refractivity contribution in [3.05, 3.63) is 42.0 Å². The molecule has 7 heteroatoms. The van der Waals surface area contributed by atoms with Crippen LogP contribution in [0.25, 0.3) is 0 Å². The van der Waals surface area contributed by atoms with E-state index >= 15 is 0 Å². The van der Waals surface area contributed by atoms with Crippen molar-refractivity contribution in [2.24, 2.45) is 23.7 Å². The molecule has 3 rings (SSSR count). The lowest BCUT2D eigenvalue weighted by Gasteiger charge is -2.27. The van der Waals surface area contributed by atoms with Crippen molar-refractivity contribution >= 4 is 17.6 Å². The van der Waals surface area contributed by atoms with Crippen molar-refractivity contribution in [3.63, 3.8) is 0 Å². The minimum Gasteiger partial charge on any atom is -0.550 e. The van der Waals surface area contributed by atoms with Gasteiger partial charge in [-0.15, -0.1) is 0 Å². The minimum atomic E-state index is -4.51. The third-order valence-corrected chi connectivity index (χ3v) is 4.49. The molecule has 0 radical (unpaired) electrons. The van der Waals surface area contributed by atoms with E-state index in [-0.39, 0.29) is 17.5 Å². The Morgan fingerprint density at radius 3 is 2.39 bits per heavy atom. The molecule has 23 heavy (non-hydrogen) atoms. The molecule has 2 aliphatic carbocycles. The highest BCUT2D eigenvalue weighted by Crippen LogP contribution is 2.48. The molecule has 2 bridgehead atoms. The Bertz CT molecular complexity index is 683. The lowest BCUT2D eigenvalue weighted by atomic mass is 9.82. The molecule has 1 saturated carbocycles. The zero-order valence-corrected chi connectivity index (χ0v) is 11.8. The normalized spacial score (nSPS) is 28.8. The number of nitrogens with one attached hydrogen (secondary N) is 1. The first kappa shape index (κ1) is 15.6. The van der Waals surface area contributed by atoms with Gasteiger partial charge in [-0.2, -0.15) is 13.2 Å². The number of hydrogen-bond acceptors (Lipinski definition) is 3. The smallest absolute Gasteiger partial charge is 0.416 e. The van der Waals surface area contributed by atoms with Crippen LogP contribution in [0, 0.1) is 23.7 Å². The summed E-state index contributed by atoms with van der Waals surface area (Å²) >= 11 is 0. The number of carboxylic acid groups (broad SMARTS) is 1. The van der Waals surface area contributed by atoms with Crippen molar-refractivity contribution in [2.75, 3.05) is 5.32 Å². The first-order valence-electron chi connectivity index (χ1n) is 7.14. The van der Waals surface area contributed by atoms with E-state index in [0.29, 0.717) is 6.42 Å². The average Bonchev–Trinajstić information content (AvgIpc) is 3.07. The molecule has 0 heterocycles. The molecule has 1 aromatic rings. The number of allylic oxidation sites excluding steroid dienone is 2. The summed E-state index contributed by atoms with van der Waals surface area (Å²) in [6.07, 6.45) is -0.400. The molecule has 2 aliphatic rings. The Morgan fingerprint density at radius 1 is 1.13 bits per heavy atom. The van der Waals surface area contributed by atoms with Gasteiger partial charge in [-0.1, -0.05) is 18.2 Å². The fraction of sp³-hybridized carbons (Fsp3) is 0.375. The highest BCUT2D eigenvalue weighted by molar-refractivity contribution is 5.96. The van der Waals surface area contributed by atoms with Crippen LogP contribution >= 0.6 is 0 Å². The van der Waals surface area contributed by atoms with E-state index in [1.54, 1.807) is 12.2 Å². The number of amides is 1. The molecule has 1 N–H and O–H groups in total. The second-order valence-electron chi connectivity index (χ2n) is 5.89. The molecule has 122 valence electrons. The molecule has 0 spiro atoms. The number of carbonyl (C=O) groups excluding carboxylic acids is 2. The van der Waals surface area contributed by atoms with Crippen molar-refractivity contribution in [3.8, 4) is 0 Å². The molecule has 0 saturated heterocycles. The van der Waals surface area contributed by atoms with Crippen LogP contribution in [-0.2, 0) is 15.8 Å². The van der Waals surface area contributed by atoms with Crippen LogP contribution in [0.4, 0.5) is 18.9 Å². The second-order valence-corrected chi connectivity index (χ2v) is 5.89. The number of alkyl halides is 3. The number of carboxylic acids is 1. The van der Waals surface area contributed by atoms with Crippen LogP contribution < -0.4 is 10.4 Å². The van der Waals surface area contributed by atoms with Gasteiger partial charge in [-0.3, -0.25) is 4.79 Å². The lowest BCUT2D eigenvalue weighted by molar-refractivity contribution is -0.313. The van der Waals surface area contributed by atoms with E-state index in [1.165, 1.54) is 12.1 Å². The predicted molar refractivity (Wildman–Crippen MR) is 72.8 cm³/mol. The maximum atomic E-state index is 12.7. The van der Waals surface area contributed by atoms with Gasteiger partial charge in [0, 0.05) is 17.6 Å². The SMILES string of the molecule is O=C([O-])[C@@H]1[C@H](C(=O)Nc2cccc(C(F)(F)F)c2)[C@H]2C=C[C@@H]1C2. The second kappa shape index (κ2) is 5.40. The molecule has 1 aromatic carbocycles. The Labute approximate surface area is 130 Å². The number of carbonyl (C=O) groups is 2. The van der Waals surface area contributed by atoms with Gasteiger partial charge in [0.15, 0.2) is 0 Å². The summed E-state index contributed by atoms with van der Waals surface area (Å²) < 4.78 is 38.1. The monoisotopic (exact) mass is 324 g/mol. The molecular weight excluding hydrogens is 311 g/mol. The number of halogens is 3. The molecule has 1 amide bonds. The molecule has 1 fully saturated rings. The molecule has 4 atom stereocenters. The van der Waals surface area contributed by atoms with E-state index in [9.17, 15) is 27.9 Å². The van der Waals surface area contributed by atoms with E-state index in [2.05, 4.69) is 5.32 Å². The van der Waals surface area contributed by atoms with Crippen molar-refractivity contribution < 1.29 is 27.9 Å². The average molecular weight is 324 g/mol. The fourth-order valence-electron chi connectivity index (χ4n) is 3.50. The maximum Gasteiger partial charge on any atom is 0.416 e. The van der Waals surface area contributed by atoms with Crippen LogP contribution in [0.5, 0.6) is 0 Å². The Hall–Kier alpha value is -2.31. The Balaban J connectivity index is 1.80. The van der Waals surface area contributed by atoms with Gasteiger partial charge < -0.3 is 15.2 Å². The van der Waals surface area contributed by atoms with Crippen LogP contribution in [-0.4, -0.2) is 11.9 Å². The molecule has 4 nitrogen and oxygen atoms in total. The molecule has 0 aliphatic heterocycles. The van der Waals surface area contributed by atoms with E-state index in [0.717, 1.165) is 12.1 Å². The number of anilines is 1. The highest BCUT2D eigenvalue weighted by atomic mass is 19.4. The maximum absolute atomic E-state index is 12.7. The topological polar surface area (TPSA) is 69.2 Å². The van der Waals surface area contributed by atoms with Crippen molar-refractivity contribution in [1.29, 1.82) is 0 Å². The largest absolute Gasteiger partial charge is 0.550 e. The first-order valence-corrected chi connectivity index (χ1v) is 7.14. The molecule has 0 aromatic heterocycles. The number of aliphatic carboxylic acids is 1. The molecular formula is C16H13F3NO3-. The number of fused-ring (bicyclic) bond motifs is 2. The Morgan fingerprint density at radius 2 is 1.78 bits per heavy atom.